The highest BCUT2D eigenvalue weighted by molar-refractivity contribution is 5.82. The number of nitrogens with one attached hydrogen (secondary N) is 1. The summed E-state index contributed by atoms with van der Waals surface area (Å²) >= 11 is 0. The minimum atomic E-state index is -0.711. The number of hydrazone groups is 1. The first-order valence-corrected chi connectivity index (χ1v) is 8.70. The molecule has 3 N–H and O–H groups in total. The number of rotatable bonds is 6. The van der Waals surface area contributed by atoms with Gasteiger partial charge in [-0.05, 0) is 53.3 Å². The van der Waals surface area contributed by atoms with Crippen LogP contribution in [0.2, 0.25) is 0 Å². The fraction of sp³-hybridized carbons (Fsp3) is 0.333. The van der Waals surface area contributed by atoms with Crippen molar-refractivity contribution in [2.45, 2.75) is 39.7 Å². The molecular formula is C21H27N3O3. The van der Waals surface area contributed by atoms with Gasteiger partial charge in [0, 0.05) is 5.56 Å². The van der Waals surface area contributed by atoms with Crippen LogP contribution in [0.3, 0.4) is 0 Å². The molecule has 27 heavy (non-hydrogen) atoms. The molecule has 0 aromatic heterocycles. The van der Waals surface area contributed by atoms with Crippen LogP contribution >= 0.6 is 0 Å². The molecule has 2 aromatic carbocycles. The Morgan fingerprint density at radius 3 is 2.56 bits per heavy atom. The molecule has 0 saturated carbocycles. The van der Waals surface area contributed by atoms with Gasteiger partial charge in [0.1, 0.15) is 18.1 Å². The zero-order valence-electron chi connectivity index (χ0n) is 16.5. The number of nitrogens with two attached hydrogens (primary N) is 1. The van der Waals surface area contributed by atoms with Crippen molar-refractivity contribution < 1.29 is 14.3 Å². The van der Waals surface area contributed by atoms with Crippen molar-refractivity contribution in [3.63, 3.8) is 0 Å². The first-order chi connectivity index (χ1) is 12.7. The fourth-order valence-corrected chi connectivity index (χ4v) is 2.69. The quantitative estimate of drug-likeness (QED) is 0.598. The average molecular weight is 369 g/mol. The molecule has 0 bridgehead atoms. The van der Waals surface area contributed by atoms with Gasteiger partial charge in [0.05, 0.1) is 13.3 Å². The van der Waals surface area contributed by atoms with E-state index in [-0.39, 0.29) is 5.41 Å². The highest BCUT2D eigenvalue weighted by Crippen LogP contribution is 2.33. The van der Waals surface area contributed by atoms with E-state index in [0.29, 0.717) is 6.61 Å². The van der Waals surface area contributed by atoms with E-state index in [1.54, 1.807) is 7.11 Å². The highest BCUT2D eigenvalue weighted by atomic mass is 16.5. The Morgan fingerprint density at radius 2 is 1.93 bits per heavy atom. The van der Waals surface area contributed by atoms with Gasteiger partial charge in [-0.2, -0.15) is 5.10 Å². The molecule has 2 aromatic rings. The summed E-state index contributed by atoms with van der Waals surface area (Å²) in [4.78, 5) is 10.7. The van der Waals surface area contributed by atoms with E-state index in [4.69, 9.17) is 15.2 Å². The number of primary amides is 1. The monoisotopic (exact) mass is 369 g/mol. The number of methoxy groups -OCH3 is 1. The molecule has 0 aliphatic heterocycles. The normalized spacial score (nSPS) is 11.4. The van der Waals surface area contributed by atoms with Crippen LogP contribution in [-0.4, -0.2) is 19.4 Å². The SMILES string of the molecule is COc1ccc(C=NNC(N)=O)cc1COc1cc(C)ccc1C(C)(C)C. The van der Waals surface area contributed by atoms with E-state index >= 15 is 0 Å². The van der Waals surface area contributed by atoms with E-state index < -0.39 is 6.03 Å². The molecule has 0 heterocycles. The molecule has 6 nitrogen and oxygen atoms in total. The molecular weight excluding hydrogens is 342 g/mol. The van der Waals surface area contributed by atoms with Crippen LogP contribution in [0.5, 0.6) is 11.5 Å². The number of ether oxygens (including phenoxy) is 2. The summed E-state index contributed by atoms with van der Waals surface area (Å²) in [6.45, 7) is 8.87. The second-order valence-electron chi connectivity index (χ2n) is 7.34. The van der Waals surface area contributed by atoms with Gasteiger partial charge in [0.2, 0.25) is 0 Å². The Balaban J connectivity index is 2.26. The lowest BCUT2D eigenvalue weighted by molar-refractivity contribution is 0.249. The fourth-order valence-electron chi connectivity index (χ4n) is 2.69. The summed E-state index contributed by atoms with van der Waals surface area (Å²) in [5, 5.41) is 3.78. The first kappa shape index (κ1) is 20.3. The molecule has 0 aliphatic rings. The molecule has 2 rings (SSSR count). The zero-order valence-corrected chi connectivity index (χ0v) is 16.5. The molecule has 144 valence electrons. The van der Waals surface area contributed by atoms with Crippen molar-refractivity contribution in [2.75, 3.05) is 7.11 Å². The lowest BCUT2D eigenvalue weighted by atomic mass is 9.86. The number of hydrogen-bond donors (Lipinski definition) is 2. The van der Waals surface area contributed by atoms with Crippen molar-refractivity contribution in [1.82, 2.24) is 5.43 Å². The molecule has 0 unspecified atom stereocenters. The van der Waals surface area contributed by atoms with Gasteiger partial charge in [-0.15, -0.1) is 0 Å². The maximum Gasteiger partial charge on any atom is 0.332 e. The third-order valence-corrected chi connectivity index (χ3v) is 4.02. The van der Waals surface area contributed by atoms with Crippen LogP contribution < -0.4 is 20.6 Å². The summed E-state index contributed by atoms with van der Waals surface area (Å²) in [5.41, 5.74) is 11.1. The summed E-state index contributed by atoms with van der Waals surface area (Å²) < 4.78 is 11.6. The van der Waals surface area contributed by atoms with Gasteiger partial charge in [-0.3, -0.25) is 0 Å². The maximum atomic E-state index is 10.7. The van der Waals surface area contributed by atoms with E-state index in [2.05, 4.69) is 49.5 Å². The van der Waals surface area contributed by atoms with Gasteiger partial charge in [-0.1, -0.05) is 32.9 Å². The number of benzene rings is 2. The minimum Gasteiger partial charge on any atom is -0.496 e. The van der Waals surface area contributed by atoms with Gasteiger partial charge in [0.25, 0.3) is 0 Å². The van der Waals surface area contributed by atoms with E-state index in [9.17, 15) is 4.79 Å². The summed E-state index contributed by atoms with van der Waals surface area (Å²) in [7, 11) is 1.62. The molecule has 6 heteroatoms. The van der Waals surface area contributed by atoms with Crippen LogP contribution in [0.25, 0.3) is 0 Å². The van der Waals surface area contributed by atoms with Crippen LogP contribution in [0, 0.1) is 6.92 Å². The zero-order chi connectivity index (χ0) is 20.0. The second-order valence-corrected chi connectivity index (χ2v) is 7.34. The third kappa shape index (κ3) is 5.74. The molecule has 0 atom stereocenters. The van der Waals surface area contributed by atoms with Crippen molar-refractivity contribution in [3.8, 4) is 11.5 Å². The highest BCUT2D eigenvalue weighted by Gasteiger charge is 2.19. The molecule has 0 aliphatic carbocycles. The van der Waals surface area contributed by atoms with Gasteiger partial charge in [0.15, 0.2) is 0 Å². The predicted molar refractivity (Wildman–Crippen MR) is 108 cm³/mol. The second kappa shape index (κ2) is 8.58. The minimum absolute atomic E-state index is 0.0257. The number of amides is 2. The van der Waals surface area contributed by atoms with Crippen molar-refractivity contribution in [1.29, 1.82) is 0 Å². The number of aryl methyl sites for hydroxylation is 1. The number of carbonyl (C=O) groups is 1. The molecule has 0 radical (unpaired) electrons. The number of hydrogen-bond acceptors (Lipinski definition) is 4. The van der Waals surface area contributed by atoms with E-state index in [0.717, 1.165) is 33.8 Å². The van der Waals surface area contributed by atoms with E-state index in [1.165, 1.54) is 6.21 Å². The Morgan fingerprint density at radius 1 is 1.19 bits per heavy atom. The smallest absolute Gasteiger partial charge is 0.332 e. The van der Waals surface area contributed by atoms with Crippen molar-refractivity contribution in [3.05, 3.63) is 58.7 Å². The van der Waals surface area contributed by atoms with Crippen LogP contribution in [-0.2, 0) is 12.0 Å². The van der Waals surface area contributed by atoms with Crippen molar-refractivity contribution >= 4 is 12.2 Å². The first-order valence-electron chi connectivity index (χ1n) is 8.70. The maximum absolute atomic E-state index is 10.7. The largest absolute Gasteiger partial charge is 0.496 e. The summed E-state index contributed by atoms with van der Waals surface area (Å²) in [6.07, 6.45) is 1.51. The number of carbonyl (C=O) groups excluding carboxylic acids is 1. The standard InChI is InChI=1S/C21H27N3O3/c1-14-6-8-17(21(2,3)4)19(10-14)27-13-16-11-15(7-9-18(16)26-5)12-23-24-20(22)25/h6-12H,13H2,1-5H3,(H3,22,24,25). The van der Waals surface area contributed by atoms with E-state index in [1.807, 2.05) is 25.1 Å². The molecule has 2 amide bonds. The number of urea groups is 1. The predicted octanol–water partition coefficient (Wildman–Crippen LogP) is 3.88. The van der Waals surface area contributed by atoms with Crippen LogP contribution in [0.15, 0.2) is 41.5 Å². The van der Waals surface area contributed by atoms with Gasteiger partial charge >= 0.3 is 6.03 Å². The van der Waals surface area contributed by atoms with Gasteiger partial charge < -0.3 is 15.2 Å². The lowest BCUT2D eigenvalue weighted by Crippen LogP contribution is -2.24. The third-order valence-electron chi connectivity index (χ3n) is 4.02. The number of nitrogens with zero attached hydrogens (tertiary/aromatic N) is 1. The van der Waals surface area contributed by atoms with Crippen LogP contribution in [0.4, 0.5) is 4.79 Å². The Hall–Kier alpha value is -3.02. The molecule has 0 fully saturated rings. The van der Waals surface area contributed by atoms with Crippen LogP contribution in [0.1, 0.15) is 43.0 Å². The lowest BCUT2D eigenvalue weighted by Gasteiger charge is -2.23. The Bertz CT molecular complexity index is 839. The van der Waals surface area contributed by atoms with Crippen molar-refractivity contribution in [2.24, 2.45) is 10.8 Å². The molecule has 0 saturated heterocycles. The molecule has 0 spiro atoms. The topological polar surface area (TPSA) is 85.9 Å². The Kier molecular flexibility index (Phi) is 6.45. The van der Waals surface area contributed by atoms with Gasteiger partial charge in [-0.25, -0.2) is 10.2 Å². The Labute approximate surface area is 160 Å². The summed E-state index contributed by atoms with van der Waals surface area (Å²) in [5.74, 6) is 1.58. The summed E-state index contributed by atoms with van der Waals surface area (Å²) in [6, 6.07) is 11.1. The average Bonchev–Trinajstić information content (AvgIpc) is 2.58.